The van der Waals surface area contributed by atoms with Crippen LogP contribution < -0.4 is 0 Å². The van der Waals surface area contributed by atoms with Crippen LogP contribution in [0.25, 0.3) is 0 Å². The van der Waals surface area contributed by atoms with Gasteiger partial charge in [0.05, 0.1) is 24.4 Å². The molecule has 1 N–H and O–H groups in total. The first-order valence-corrected chi connectivity index (χ1v) is 5.90. The predicted molar refractivity (Wildman–Crippen MR) is 57.7 cm³/mol. The van der Waals surface area contributed by atoms with Crippen LogP contribution in [0, 0.1) is 16.7 Å². The van der Waals surface area contributed by atoms with Crippen LogP contribution in [0.15, 0.2) is 0 Å². The third-order valence-corrected chi connectivity index (χ3v) is 4.14. The number of nitrogens with zero attached hydrogens (tertiary/aromatic N) is 1. The quantitative estimate of drug-likeness (QED) is 0.768. The van der Waals surface area contributed by atoms with E-state index in [9.17, 15) is 10.4 Å². The molecule has 4 nitrogen and oxygen atoms in total. The van der Waals surface area contributed by atoms with Gasteiger partial charge in [0, 0.05) is 20.1 Å². The summed E-state index contributed by atoms with van der Waals surface area (Å²) in [5.41, 5.74) is -1.65. The van der Waals surface area contributed by atoms with E-state index in [1.54, 1.807) is 7.11 Å². The Labute approximate surface area is 96.2 Å². The first-order chi connectivity index (χ1) is 7.66. The Kier molecular flexibility index (Phi) is 3.20. The van der Waals surface area contributed by atoms with E-state index in [0.29, 0.717) is 32.5 Å². The van der Waals surface area contributed by atoms with Crippen molar-refractivity contribution in [2.75, 3.05) is 20.3 Å². The average molecular weight is 225 g/mol. The summed E-state index contributed by atoms with van der Waals surface area (Å²) in [4.78, 5) is 0. The molecule has 1 aliphatic heterocycles. The zero-order valence-electron chi connectivity index (χ0n) is 9.74. The zero-order chi connectivity index (χ0) is 11.6. The van der Waals surface area contributed by atoms with Gasteiger partial charge in [-0.3, -0.25) is 0 Å². The second-order valence-corrected chi connectivity index (χ2v) is 4.98. The summed E-state index contributed by atoms with van der Waals surface area (Å²) < 4.78 is 10.6. The maximum atomic E-state index is 10.7. The van der Waals surface area contributed by atoms with Crippen molar-refractivity contribution in [1.82, 2.24) is 0 Å². The average Bonchev–Trinajstić information content (AvgIpc) is 2.79. The lowest BCUT2D eigenvalue weighted by Crippen LogP contribution is -2.52. The summed E-state index contributed by atoms with van der Waals surface area (Å²) in [6, 6.07) is 2.30. The van der Waals surface area contributed by atoms with Crippen molar-refractivity contribution in [3.05, 3.63) is 0 Å². The molecule has 0 bridgehead atoms. The van der Waals surface area contributed by atoms with Crippen LogP contribution in [-0.4, -0.2) is 37.1 Å². The minimum Gasteiger partial charge on any atom is -0.388 e. The van der Waals surface area contributed by atoms with Gasteiger partial charge in [-0.2, -0.15) is 5.26 Å². The van der Waals surface area contributed by atoms with Crippen molar-refractivity contribution in [3.8, 4) is 6.07 Å². The monoisotopic (exact) mass is 225 g/mol. The Balaban J connectivity index is 2.19. The van der Waals surface area contributed by atoms with Crippen molar-refractivity contribution in [3.63, 3.8) is 0 Å². The molecule has 3 atom stereocenters. The number of nitriles is 1. The van der Waals surface area contributed by atoms with Gasteiger partial charge in [-0.15, -0.1) is 0 Å². The van der Waals surface area contributed by atoms with Gasteiger partial charge in [-0.25, -0.2) is 0 Å². The molecule has 2 aliphatic rings. The van der Waals surface area contributed by atoms with Crippen LogP contribution in [0.4, 0.5) is 0 Å². The number of ether oxygens (including phenoxy) is 2. The molecule has 90 valence electrons. The molecular weight excluding hydrogens is 206 g/mol. The number of aliphatic hydroxyl groups is 1. The van der Waals surface area contributed by atoms with Gasteiger partial charge in [-0.05, 0) is 25.7 Å². The highest BCUT2D eigenvalue weighted by atomic mass is 16.5. The fourth-order valence-electron chi connectivity index (χ4n) is 2.96. The van der Waals surface area contributed by atoms with E-state index in [1.165, 1.54) is 0 Å². The fraction of sp³-hybridized carbons (Fsp3) is 0.917. The van der Waals surface area contributed by atoms with Crippen molar-refractivity contribution in [1.29, 1.82) is 5.26 Å². The molecule has 0 spiro atoms. The van der Waals surface area contributed by atoms with Crippen LogP contribution in [0.2, 0.25) is 0 Å². The maximum absolute atomic E-state index is 10.7. The highest BCUT2D eigenvalue weighted by Gasteiger charge is 2.55. The van der Waals surface area contributed by atoms with Crippen LogP contribution in [-0.2, 0) is 9.47 Å². The molecule has 2 fully saturated rings. The van der Waals surface area contributed by atoms with E-state index in [1.807, 2.05) is 0 Å². The Hall–Kier alpha value is -0.630. The van der Waals surface area contributed by atoms with Crippen molar-refractivity contribution >= 4 is 0 Å². The van der Waals surface area contributed by atoms with Gasteiger partial charge in [0.25, 0.3) is 0 Å². The molecule has 2 rings (SSSR count). The summed E-state index contributed by atoms with van der Waals surface area (Å²) in [6.07, 6.45) is 3.84. The lowest BCUT2D eigenvalue weighted by atomic mass is 9.64. The van der Waals surface area contributed by atoms with E-state index in [0.717, 1.165) is 12.8 Å². The molecule has 0 aromatic heterocycles. The third-order valence-electron chi connectivity index (χ3n) is 4.14. The van der Waals surface area contributed by atoms with Gasteiger partial charge in [-0.1, -0.05) is 0 Å². The minimum absolute atomic E-state index is 0.0737. The van der Waals surface area contributed by atoms with E-state index in [4.69, 9.17) is 9.47 Å². The molecule has 1 saturated heterocycles. The highest BCUT2D eigenvalue weighted by molar-refractivity contribution is 5.15. The Morgan fingerprint density at radius 3 is 2.88 bits per heavy atom. The minimum atomic E-state index is -0.933. The third kappa shape index (κ3) is 1.73. The van der Waals surface area contributed by atoms with Crippen molar-refractivity contribution in [2.24, 2.45) is 5.41 Å². The molecule has 1 aliphatic carbocycles. The van der Waals surface area contributed by atoms with Gasteiger partial charge in [0.15, 0.2) is 0 Å². The molecule has 4 heteroatoms. The standard InChI is InChI=1S/C12H19NO3/c1-15-10-3-2-4-12(14,7-10)11(8-13)5-6-16-9-11/h10,14H,2-7,9H2,1H3. The number of hydrogen-bond acceptors (Lipinski definition) is 4. The summed E-state index contributed by atoms with van der Waals surface area (Å²) in [5.74, 6) is 0. The second kappa shape index (κ2) is 4.33. The van der Waals surface area contributed by atoms with Gasteiger partial charge in [0.2, 0.25) is 0 Å². The van der Waals surface area contributed by atoms with E-state index >= 15 is 0 Å². The topological polar surface area (TPSA) is 62.5 Å². The van der Waals surface area contributed by atoms with Gasteiger partial charge >= 0.3 is 0 Å². The van der Waals surface area contributed by atoms with E-state index in [-0.39, 0.29) is 6.10 Å². The molecular formula is C12H19NO3. The van der Waals surface area contributed by atoms with E-state index in [2.05, 4.69) is 6.07 Å². The Morgan fingerprint density at radius 1 is 1.50 bits per heavy atom. The fourth-order valence-corrected chi connectivity index (χ4v) is 2.96. The normalized spacial score (nSPS) is 44.2. The van der Waals surface area contributed by atoms with Gasteiger partial charge < -0.3 is 14.6 Å². The summed E-state index contributed by atoms with van der Waals surface area (Å²) >= 11 is 0. The van der Waals surface area contributed by atoms with Crippen molar-refractivity contribution < 1.29 is 14.6 Å². The lowest BCUT2D eigenvalue weighted by Gasteiger charge is -2.44. The molecule has 3 unspecified atom stereocenters. The maximum Gasteiger partial charge on any atom is 0.111 e. The molecule has 0 radical (unpaired) electrons. The van der Waals surface area contributed by atoms with Crippen LogP contribution in [0.5, 0.6) is 0 Å². The molecule has 0 aromatic carbocycles. The largest absolute Gasteiger partial charge is 0.388 e. The van der Waals surface area contributed by atoms with E-state index < -0.39 is 11.0 Å². The van der Waals surface area contributed by atoms with Crippen LogP contribution in [0.1, 0.15) is 32.1 Å². The SMILES string of the molecule is COC1CCCC(O)(C2(C#N)CCOC2)C1. The molecule has 0 aromatic rings. The van der Waals surface area contributed by atoms with Crippen LogP contribution >= 0.6 is 0 Å². The van der Waals surface area contributed by atoms with Gasteiger partial charge in [0.1, 0.15) is 5.41 Å². The predicted octanol–water partition coefficient (Wildman–Crippen LogP) is 1.24. The van der Waals surface area contributed by atoms with Crippen molar-refractivity contribution in [2.45, 2.75) is 43.8 Å². The Morgan fingerprint density at radius 2 is 2.31 bits per heavy atom. The number of methoxy groups -OCH3 is 1. The highest BCUT2D eigenvalue weighted by Crippen LogP contribution is 2.47. The number of hydrogen-bond donors (Lipinski definition) is 1. The summed E-state index contributed by atoms with van der Waals surface area (Å²) in [5, 5.41) is 20.1. The first kappa shape index (κ1) is 11.8. The molecule has 16 heavy (non-hydrogen) atoms. The smallest absolute Gasteiger partial charge is 0.111 e. The number of rotatable bonds is 2. The first-order valence-electron chi connectivity index (χ1n) is 5.90. The Bertz CT molecular complexity index is 293. The lowest BCUT2D eigenvalue weighted by molar-refractivity contribution is -0.119. The molecule has 1 heterocycles. The summed E-state index contributed by atoms with van der Waals surface area (Å²) in [6.45, 7) is 0.934. The molecule has 0 amide bonds. The summed E-state index contributed by atoms with van der Waals surface area (Å²) in [7, 11) is 1.67. The molecule has 1 saturated carbocycles. The van der Waals surface area contributed by atoms with Crippen LogP contribution in [0.3, 0.4) is 0 Å². The second-order valence-electron chi connectivity index (χ2n) is 4.98. The zero-order valence-corrected chi connectivity index (χ0v) is 9.74.